The molecule has 0 aliphatic heterocycles. The Bertz CT molecular complexity index is 4000. The molecule has 13 aromatic rings. The molecule has 4 heterocycles. The summed E-state index contributed by atoms with van der Waals surface area (Å²) in [6.45, 7) is 4.72. The molecule has 0 radical (unpaired) electrons. The quantitative estimate of drug-likeness (QED) is 0.173. The number of hydrogen-bond donors (Lipinski definition) is 0. The van der Waals surface area contributed by atoms with E-state index in [1.165, 1.54) is 64.3 Å². The minimum atomic E-state index is -0.139. The van der Waals surface area contributed by atoms with Gasteiger partial charge in [0.05, 0.1) is 21.9 Å². The van der Waals surface area contributed by atoms with Gasteiger partial charge < -0.3 is 13.7 Å². The van der Waals surface area contributed by atoms with Crippen molar-refractivity contribution in [3.8, 4) is 33.7 Å². The van der Waals surface area contributed by atoms with Crippen molar-refractivity contribution in [2.75, 3.05) is 4.90 Å². The normalized spacial score (nSPS) is 13.4. The Kier molecular flexibility index (Phi) is 7.02. The van der Waals surface area contributed by atoms with Crippen LogP contribution in [0, 0.1) is 0 Å². The van der Waals surface area contributed by atoms with Crippen LogP contribution >= 0.6 is 11.3 Å². The summed E-state index contributed by atoms with van der Waals surface area (Å²) in [5.74, 6) is 0.635. The van der Waals surface area contributed by atoms with Crippen molar-refractivity contribution < 1.29 is 4.42 Å². The second kappa shape index (κ2) is 12.7. The fourth-order valence-corrected chi connectivity index (χ4v) is 12.1. The van der Waals surface area contributed by atoms with Crippen LogP contribution in [0.15, 0.2) is 192 Å². The number of thiophene rings is 1. The third-order valence-corrected chi connectivity index (χ3v) is 15.0. The molecule has 63 heavy (non-hydrogen) atoms. The molecule has 1 aliphatic carbocycles. The van der Waals surface area contributed by atoms with Gasteiger partial charge in [-0.1, -0.05) is 129 Å². The largest absolute Gasteiger partial charge is 0.435 e. The maximum absolute atomic E-state index is 6.67. The van der Waals surface area contributed by atoms with Crippen LogP contribution in [-0.2, 0) is 5.41 Å². The van der Waals surface area contributed by atoms with E-state index in [-0.39, 0.29) is 5.41 Å². The summed E-state index contributed by atoms with van der Waals surface area (Å²) >= 11 is 1.88. The Hall–Kier alpha value is -7.73. The van der Waals surface area contributed by atoms with Gasteiger partial charge in [-0.3, -0.25) is 0 Å². The molecule has 0 unspecified atom stereocenters. The molecular weight excluding hydrogens is 787 g/mol. The first-order valence-electron chi connectivity index (χ1n) is 21.6. The van der Waals surface area contributed by atoms with E-state index in [4.69, 9.17) is 9.40 Å². The van der Waals surface area contributed by atoms with Crippen LogP contribution < -0.4 is 4.90 Å². The molecule has 0 spiro atoms. The van der Waals surface area contributed by atoms with Crippen LogP contribution in [0.2, 0.25) is 0 Å². The second-order valence-electron chi connectivity index (χ2n) is 17.5. The molecule has 0 saturated heterocycles. The summed E-state index contributed by atoms with van der Waals surface area (Å²) < 4.78 is 11.7. The van der Waals surface area contributed by atoms with Crippen molar-refractivity contribution in [2.24, 2.45) is 0 Å². The van der Waals surface area contributed by atoms with Crippen molar-refractivity contribution in [3.63, 3.8) is 0 Å². The number of para-hydroxylation sites is 1. The first-order valence-corrected chi connectivity index (χ1v) is 22.4. The van der Waals surface area contributed by atoms with Gasteiger partial charge >= 0.3 is 0 Å². The molecule has 0 amide bonds. The molecular formula is C58H37N3OS. The molecule has 1 aliphatic rings. The van der Waals surface area contributed by atoms with E-state index < -0.39 is 0 Å². The summed E-state index contributed by atoms with van der Waals surface area (Å²) in [5, 5.41) is 7.24. The zero-order valence-electron chi connectivity index (χ0n) is 34.6. The predicted octanol–water partition coefficient (Wildman–Crippen LogP) is 16.5. The van der Waals surface area contributed by atoms with Crippen LogP contribution in [0.1, 0.15) is 25.0 Å². The monoisotopic (exact) mass is 823 g/mol. The van der Waals surface area contributed by atoms with Gasteiger partial charge in [0.2, 0.25) is 5.89 Å². The maximum atomic E-state index is 6.67. The minimum Gasteiger partial charge on any atom is -0.435 e. The molecule has 296 valence electrons. The van der Waals surface area contributed by atoms with Crippen LogP contribution in [0.4, 0.5) is 17.1 Å². The first kappa shape index (κ1) is 34.9. The van der Waals surface area contributed by atoms with E-state index in [1.807, 2.05) is 29.5 Å². The van der Waals surface area contributed by atoms with Gasteiger partial charge in [0.25, 0.3) is 0 Å². The zero-order chi connectivity index (χ0) is 41.6. The Labute approximate surface area is 366 Å². The first-order chi connectivity index (χ1) is 31.0. The lowest BCUT2D eigenvalue weighted by molar-refractivity contribution is 0.623. The van der Waals surface area contributed by atoms with Crippen molar-refractivity contribution in [1.29, 1.82) is 0 Å². The smallest absolute Gasteiger partial charge is 0.227 e. The van der Waals surface area contributed by atoms with Crippen molar-refractivity contribution in [2.45, 2.75) is 19.3 Å². The molecule has 0 bridgehead atoms. The van der Waals surface area contributed by atoms with Gasteiger partial charge in [0.15, 0.2) is 5.58 Å². The van der Waals surface area contributed by atoms with E-state index in [0.29, 0.717) is 5.89 Å². The lowest BCUT2D eigenvalue weighted by atomic mass is 9.82. The number of hydrogen-bond acceptors (Lipinski definition) is 4. The molecule has 0 atom stereocenters. The van der Waals surface area contributed by atoms with Crippen molar-refractivity contribution in [1.82, 2.24) is 9.38 Å². The number of fused-ring (bicyclic) bond motifs is 14. The van der Waals surface area contributed by atoms with Crippen LogP contribution in [0.3, 0.4) is 0 Å². The molecule has 9 aromatic carbocycles. The predicted molar refractivity (Wildman–Crippen MR) is 265 cm³/mol. The lowest BCUT2D eigenvalue weighted by Crippen LogP contribution is -2.16. The van der Waals surface area contributed by atoms with Gasteiger partial charge in [-0.2, -0.15) is 0 Å². The number of rotatable bonds is 5. The third kappa shape index (κ3) is 4.83. The molecule has 5 heteroatoms. The standard InChI is InChI=1S/C58H37N3OS/c1-58(2)47-20-9-6-15-40(47)41-29-27-38(32-48(41)58)60(36-25-23-34(24-26-36)39-18-12-19-43-42-16-8-11-22-52(42)63-56(39)43)37-28-30-51-45(31-37)46-33-49-55(62-57(59-49)35-13-4-3-5-14-35)53-44-17-7-10-21-50(44)61(51)54(46)53/h3-33H,1-2H3. The molecule has 0 fully saturated rings. The van der Waals surface area contributed by atoms with Gasteiger partial charge in [-0.15, -0.1) is 11.3 Å². The Morgan fingerprint density at radius 2 is 1.19 bits per heavy atom. The third-order valence-electron chi connectivity index (χ3n) is 13.7. The molecule has 4 nitrogen and oxygen atoms in total. The second-order valence-corrected chi connectivity index (χ2v) is 18.6. The van der Waals surface area contributed by atoms with E-state index in [9.17, 15) is 0 Å². The molecule has 4 aromatic heterocycles. The minimum absolute atomic E-state index is 0.139. The number of oxazole rings is 1. The Balaban J connectivity index is 0.986. The van der Waals surface area contributed by atoms with Crippen molar-refractivity contribution >= 4 is 97.8 Å². The van der Waals surface area contributed by atoms with Gasteiger partial charge in [-0.05, 0) is 106 Å². The summed E-state index contributed by atoms with van der Waals surface area (Å²) in [4.78, 5) is 7.56. The summed E-state index contributed by atoms with van der Waals surface area (Å²) in [6, 6.07) is 68.7. The van der Waals surface area contributed by atoms with E-state index in [2.05, 4.69) is 193 Å². The topological polar surface area (TPSA) is 33.7 Å². The summed E-state index contributed by atoms with van der Waals surface area (Å²) in [6.07, 6.45) is 0. The Morgan fingerprint density at radius 1 is 0.508 bits per heavy atom. The van der Waals surface area contributed by atoms with Crippen LogP contribution in [0.25, 0.3) is 103 Å². The average molecular weight is 824 g/mol. The van der Waals surface area contributed by atoms with E-state index >= 15 is 0 Å². The number of benzene rings is 9. The highest BCUT2D eigenvalue weighted by Crippen LogP contribution is 2.52. The average Bonchev–Trinajstić information content (AvgIpc) is 4.13. The van der Waals surface area contributed by atoms with E-state index in [1.54, 1.807) is 0 Å². The van der Waals surface area contributed by atoms with E-state index in [0.717, 1.165) is 61.0 Å². The molecule has 0 saturated carbocycles. The van der Waals surface area contributed by atoms with Crippen LogP contribution in [0.5, 0.6) is 0 Å². The highest BCUT2D eigenvalue weighted by Gasteiger charge is 2.36. The highest BCUT2D eigenvalue weighted by atomic mass is 32.1. The number of anilines is 3. The number of aromatic nitrogens is 2. The maximum Gasteiger partial charge on any atom is 0.227 e. The molecule has 14 rings (SSSR count). The lowest BCUT2D eigenvalue weighted by Gasteiger charge is -2.28. The zero-order valence-corrected chi connectivity index (χ0v) is 35.4. The molecule has 0 N–H and O–H groups in total. The SMILES string of the molecule is CC1(C)c2ccccc2-c2ccc(N(c3ccc(-c4cccc5c4sc4ccccc45)cc3)c3ccc4c(c3)c3cc5nc(-c6ccccc6)oc5c5c6ccccc6n4c35)cc21. The van der Waals surface area contributed by atoms with Crippen molar-refractivity contribution in [3.05, 3.63) is 199 Å². The van der Waals surface area contributed by atoms with Crippen LogP contribution in [-0.4, -0.2) is 9.38 Å². The van der Waals surface area contributed by atoms with Gasteiger partial charge in [0.1, 0.15) is 5.52 Å². The summed E-state index contributed by atoms with van der Waals surface area (Å²) in [5.41, 5.74) is 17.1. The van der Waals surface area contributed by atoms with Gasteiger partial charge in [0, 0.05) is 64.4 Å². The highest BCUT2D eigenvalue weighted by molar-refractivity contribution is 7.26. The summed E-state index contributed by atoms with van der Waals surface area (Å²) in [7, 11) is 0. The number of nitrogens with zero attached hydrogens (tertiary/aromatic N) is 3. The Morgan fingerprint density at radius 3 is 2.08 bits per heavy atom. The fourth-order valence-electron chi connectivity index (χ4n) is 10.8. The fraction of sp³-hybridized carbons (Fsp3) is 0.0517. The van der Waals surface area contributed by atoms with Gasteiger partial charge in [-0.25, -0.2) is 4.98 Å².